The Morgan fingerprint density at radius 3 is 2.52 bits per heavy atom. The van der Waals surface area contributed by atoms with Crippen LogP contribution in [-0.4, -0.2) is 27.0 Å². The van der Waals surface area contributed by atoms with Gasteiger partial charge < -0.3 is 5.32 Å². The highest BCUT2D eigenvalue weighted by Crippen LogP contribution is 2.28. The van der Waals surface area contributed by atoms with E-state index < -0.39 is 10.0 Å². The third-order valence-corrected chi connectivity index (χ3v) is 5.66. The van der Waals surface area contributed by atoms with Crippen molar-refractivity contribution in [3.05, 3.63) is 29.8 Å². The van der Waals surface area contributed by atoms with Crippen molar-refractivity contribution in [1.29, 1.82) is 0 Å². The van der Waals surface area contributed by atoms with Gasteiger partial charge in [0.2, 0.25) is 10.0 Å². The van der Waals surface area contributed by atoms with Crippen LogP contribution >= 0.6 is 0 Å². The van der Waals surface area contributed by atoms with Gasteiger partial charge in [0, 0.05) is 12.1 Å². The summed E-state index contributed by atoms with van der Waals surface area (Å²) in [7, 11) is -3.40. The second-order valence-electron chi connectivity index (χ2n) is 5.96. The van der Waals surface area contributed by atoms with Crippen LogP contribution in [0.15, 0.2) is 29.2 Å². The van der Waals surface area contributed by atoms with Crippen LogP contribution in [0.2, 0.25) is 0 Å². The second kappa shape index (κ2) is 6.90. The average molecular weight is 310 g/mol. The predicted molar refractivity (Wildman–Crippen MR) is 86.0 cm³/mol. The van der Waals surface area contributed by atoms with Gasteiger partial charge in [0.15, 0.2) is 0 Å². The van der Waals surface area contributed by atoms with Gasteiger partial charge in [0.05, 0.1) is 4.90 Å². The summed E-state index contributed by atoms with van der Waals surface area (Å²) in [6, 6.07) is 7.71. The molecule has 0 aromatic heterocycles. The molecule has 5 heteroatoms. The summed E-state index contributed by atoms with van der Waals surface area (Å²) in [6.07, 6.45) is 2.97. The molecule has 1 aromatic rings. The Morgan fingerprint density at radius 1 is 1.24 bits per heavy atom. The molecule has 0 bridgehead atoms. The van der Waals surface area contributed by atoms with Crippen molar-refractivity contribution in [2.24, 2.45) is 0 Å². The summed E-state index contributed by atoms with van der Waals surface area (Å²) in [6.45, 7) is 7.26. The highest BCUT2D eigenvalue weighted by atomic mass is 32.2. The Balaban J connectivity index is 2.23. The van der Waals surface area contributed by atoms with E-state index in [1.807, 2.05) is 12.1 Å². The van der Waals surface area contributed by atoms with Crippen LogP contribution < -0.4 is 10.0 Å². The molecule has 21 heavy (non-hydrogen) atoms. The minimum Gasteiger partial charge on any atom is -0.314 e. The lowest BCUT2D eigenvalue weighted by Gasteiger charge is -2.24. The molecule has 0 saturated heterocycles. The summed E-state index contributed by atoms with van der Waals surface area (Å²) in [5.41, 5.74) is 0.891. The van der Waals surface area contributed by atoms with Gasteiger partial charge in [-0.2, -0.15) is 0 Å². The van der Waals surface area contributed by atoms with Gasteiger partial charge in [-0.1, -0.05) is 32.0 Å². The molecule has 2 rings (SSSR count). The maximum atomic E-state index is 12.5. The normalized spacial score (nSPS) is 18.4. The largest absolute Gasteiger partial charge is 0.314 e. The van der Waals surface area contributed by atoms with Crippen molar-refractivity contribution in [2.45, 2.75) is 62.9 Å². The molecule has 118 valence electrons. The van der Waals surface area contributed by atoms with Crippen molar-refractivity contribution in [2.75, 3.05) is 6.54 Å². The molecule has 0 heterocycles. The third kappa shape index (κ3) is 4.28. The number of sulfonamides is 1. The first-order valence-electron chi connectivity index (χ1n) is 7.80. The molecule has 0 spiro atoms. The fourth-order valence-electron chi connectivity index (χ4n) is 2.40. The SMILES string of the molecule is CCCNC(C)C(C)c1ccccc1S(=O)(=O)NC1CC1. The van der Waals surface area contributed by atoms with E-state index in [-0.39, 0.29) is 18.0 Å². The molecule has 1 aliphatic carbocycles. The standard InChI is InChI=1S/C16H26N2O2S/c1-4-11-17-13(3)12(2)15-7-5-6-8-16(15)21(19,20)18-14-9-10-14/h5-8,12-14,17-18H,4,9-11H2,1-3H3. The molecular weight excluding hydrogens is 284 g/mol. The van der Waals surface area contributed by atoms with E-state index in [0.29, 0.717) is 4.90 Å². The Morgan fingerprint density at radius 2 is 1.90 bits per heavy atom. The molecule has 1 fully saturated rings. The number of benzene rings is 1. The van der Waals surface area contributed by atoms with Crippen LogP contribution in [0.4, 0.5) is 0 Å². The molecule has 2 N–H and O–H groups in total. The topological polar surface area (TPSA) is 58.2 Å². The minimum atomic E-state index is -3.40. The Hall–Kier alpha value is -0.910. The summed E-state index contributed by atoms with van der Waals surface area (Å²) in [5, 5.41) is 3.45. The van der Waals surface area contributed by atoms with E-state index in [2.05, 4.69) is 30.8 Å². The lowest BCUT2D eigenvalue weighted by molar-refractivity contribution is 0.476. The van der Waals surface area contributed by atoms with Gasteiger partial charge in [-0.25, -0.2) is 13.1 Å². The number of hydrogen-bond acceptors (Lipinski definition) is 3. The smallest absolute Gasteiger partial charge is 0.241 e. The Kier molecular flexibility index (Phi) is 5.41. The quantitative estimate of drug-likeness (QED) is 0.776. The zero-order valence-corrected chi connectivity index (χ0v) is 13.9. The van der Waals surface area contributed by atoms with Gasteiger partial charge in [0.25, 0.3) is 0 Å². The molecule has 0 radical (unpaired) electrons. The maximum absolute atomic E-state index is 12.5. The van der Waals surface area contributed by atoms with E-state index in [1.54, 1.807) is 12.1 Å². The Labute approximate surface area is 128 Å². The van der Waals surface area contributed by atoms with E-state index in [4.69, 9.17) is 0 Å². The highest BCUT2D eigenvalue weighted by molar-refractivity contribution is 7.89. The fraction of sp³-hybridized carbons (Fsp3) is 0.625. The first-order valence-corrected chi connectivity index (χ1v) is 9.28. The zero-order valence-electron chi connectivity index (χ0n) is 13.1. The number of rotatable bonds is 8. The van der Waals surface area contributed by atoms with E-state index in [1.165, 1.54) is 0 Å². The summed E-state index contributed by atoms with van der Waals surface area (Å²) < 4.78 is 27.8. The van der Waals surface area contributed by atoms with Gasteiger partial charge in [-0.3, -0.25) is 0 Å². The fourth-order valence-corrected chi connectivity index (χ4v) is 4.03. The van der Waals surface area contributed by atoms with Gasteiger partial charge >= 0.3 is 0 Å². The first-order chi connectivity index (χ1) is 9.95. The van der Waals surface area contributed by atoms with Gasteiger partial charge in [-0.15, -0.1) is 0 Å². The van der Waals surface area contributed by atoms with Crippen LogP contribution in [0, 0.1) is 0 Å². The third-order valence-electron chi connectivity index (χ3n) is 4.06. The molecule has 1 saturated carbocycles. The summed E-state index contributed by atoms with van der Waals surface area (Å²) in [5.74, 6) is 0.142. The lowest BCUT2D eigenvalue weighted by atomic mass is 9.94. The van der Waals surface area contributed by atoms with Gasteiger partial charge in [0.1, 0.15) is 0 Å². The van der Waals surface area contributed by atoms with Crippen molar-refractivity contribution < 1.29 is 8.42 Å². The Bertz CT molecular complexity index is 567. The molecule has 1 aliphatic rings. The summed E-state index contributed by atoms with van der Waals surface area (Å²) in [4.78, 5) is 0.426. The predicted octanol–water partition coefficient (Wildman–Crippen LogP) is 2.62. The van der Waals surface area contributed by atoms with Crippen LogP contribution in [0.1, 0.15) is 51.5 Å². The molecule has 4 nitrogen and oxygen atoms in total. The van der Waals surface area contributed by atoms with Crippen molar-refractivity contribution >= 4 is 10.0 Å². The molecule has 1 aromatic carbocycles. The van der Waals surface area contributed by atoms with Crippen molar-refractivity contribution in [3.63, 3.8) is 0 Å². The molecule has 2 unspecified atom stereocenters. The van der Waals surface area contributed by atoms with Crippen molar-refractivity contribution in [1.82, 2.24) is 10.0 Å². The second-order valence-corrected chi connectivity index (χ2v) is 7.65. The minimum absolute atomic E-state index is 0.133. The molecule has 2 atom stereocenters. The monoisotopic (exact) mass is 310 g/mol. The van der Waals surface area contributed by atoms with Crippen LogP contribution in [-0.2, 0) is 10.0 Å². The highest BCUT2D eigenvalue weighted by Gasteiger charge is 2.30. The molecule has 0 aliphatic heterocycles. The van der Waals surface area contributed by atoms with Crippen molar-refractivity contribution in [3.8, 4) is 0 Å². The van der Waals surface area contributed by atoms with E-state index in [9.17, 15) is 8.42 Å². The summed E-state index contributed by atoms with van der Waals surface area (Å²) >= 11 is 0. The van der Waals surface area contributed by atoms with Crippen LogP contribution in [0.5, 0.6) is 0 Å². The zero-order chi connectivity index (χ0) is 15.5. The molecular formula is C16H26N2O2S. The molecule has 0 amide bonds. The average Bonchev–Trinajstić information content (AvgIpc) is 3.27. The van der Waals surface area contributed by atoms with Gasteiger partial charge in [-0.05, 0) is 50.3 Å². The van der Waals surface area contributed by atoms with Crippen LogP contribution in [0.3, 0.4) is 0 Å². The van der Waals surface area contributed by atoms with E-state index in [0.717, 1.165) is 31.4 Å². The lowest BCUT2D eigenvalue weighted by Crippen LogP contribution is -2.33. The van der Waals surface area contributed by atoms with Crippen LogP contribution in [0.25, 0.3) is 0 Å². The first kappa shape index (κ1) is 16.5. The van der Waals surface area contributed by atoms with E-state index >= 15 is 0 Å². The maximum Gasteiger partial charge on any atom is 0.241 e. The number of nitrogens with one attached hydrogen (secondary N) is 2. The number of hydrogen-bond donors (Lipinski definition) is 2.